The number of para-hydroxylation sites is 1. The molecule has 0 saturated carbocycles. The quantitative estimate of drug-likeness (QED) is 0.162. The van der Waals surface area contributed by atoms with Crippen LogP contribution >= 0.6 is 11.3 Å². The molecule has 2 heterocycles. The zero-order valence-corrected chi connectivity index (χ0v) is 31.1. The normalized spacial score (nSPS) is 11.8. The zero-order valence-electron chi connectivity index (χ0n) is 30.3. The van der Waals surface area contributed by atoms with E-state index in [0.717, 1.165) is 21.9 Å². The van der Waals surface area contributed by atoms with Crippen molar-refractivity contribution in [2.24, 2.45) is 0 Å². The molecule has 0 bridgehead atoms. The summed E-state index contributed by atoms with van der Waals surface area (Å²) < 4.78 is 7.47. The first kappa shape index (κ1) is 31.8. The molecule has 0 aliphatic heterocycles. The Bertz CT molecular complexity index is 3280. The summed E-state index contributed by atoms with van der Waals surface area (Å²) >= 11 is 1.81. The van der Waals surface area contributed by atoms with Crippen LogP contribution < -0.4 is 0 Å². The molecule has 0 fully saturated rings. The van der Waals surface area contributed by atoms with Crippen LogP contribution in [0.2, 0.25) is 0 Å². The maximum Gasteiger partial charge on any atom is 0.135 e. The third-order valence-corrected chi connectivity index (χ3v) is 12.5. The lowest BCUT2D eigenvalue weighted by Crippen LogP contribution is -1.91. The molecule has 0 radical (unpaired) electrons. The van der Waals surface area contributed by atoms with Crippen LogP contribution in [0.25, 0.3) is 115 Å². The lowest BCUT2D eigenvalue weighted by molar-refractivity contribution is 0.668. The summed E-state index contributed by atoms with van der Waals surface area (Å²) in [4.78, 5) is 1.18. The number of hydrogen-bond donors (Lipinski definition) is 0. The first-order valence-electron chi connectivity index (χ1n) is 18.8. The van der Waals surface area contributed by atoms with E-state index in [0.29, 0.717) is 0 Å². The Morgan fingerprint density at radius 3 is 1.76 bits per heavy atom. The Morgan fingerprint density at radius 2 is 1.04 bits per heavy atom. The van der Waals surface area contributed by atoms with Gasteiger partial charge >= 0.3 is 0 Å². The van der Waals surface area contributed by atoms with Crippen molar-refractivity contribution < 1.29 is 4.42 Å². The summed E-state index contributed by atoms with van der Waals surface area (Å²) in [5.41, 5.74) is 13.0. The maximum absolute atomic E-state index is 6.21. The van der Waals surface area contributed by atoms with E-state index in [4.69, 9.17) is 4.42 Å². The third kappa shape index (κ3) is 4.92. The second-order valence-electron chi connectivity index (χ2n) is 14.5. The van der Waals surface area contributed by atoms with Crippen molar-refractivity contribution in [2.45, 2.75) is 6.92 Å². The highest BCUT2D eigenvalue weighted by atomic mass is 32.1. The molecule has 9 aromatic carbocycles. The molecule has 55 heavy (non-hydrogen) atoms. The van der Waals surface area contributed by atoms with Crippen LogP contribution in [-0.2, 0) is 0 Å². The molecular weight excluding hydrogens is 685 g/mol. The molecule has 0 amide bonds. The van der Waals surface area contributed by atoms with Crippen LogP contribution in [0.15, 0.2) is 181 Å². The molecule has 11 rings (SSSR count). The smallest absolute Gasteiger partial charge is 0.135 e. The average Bonchev–Trinajstić information content (AvgIpc) is 3.79. The number of furan rings is 1. The highest BCUT2D eigenvalue weighted by molar-refractivity contribution is 7.20. The molecule has 2 aromatic heterocycles. The Balaban J connectivity index is 1.03. The largest absolute Gasteiger partial charge is 0.456 e. The van der Waals surface area contributed by atoms with Crippen LogP contribution in [0, 0.1) is 6.92 Å². The molecule has 0 aliphatic rings. The molecular formula is C53H34OS. The Hall–Kier alpha value is -6.74. The van der Waals surface area contributed by atoms with Gasteiger partial charge in [-0.3, -0.25) is 0 Å². The Kier molecular flexibility index (Phi) is 7.17. The molecule has 0 N–H and O–H groups in total. The van der Waals surface area contributed by atoms with Crippen molar-refractivity contribution in [3.8, 4) is 44.5 Å². The van der Waals surface area contributed by atoms with Gasteiger partial charge in [-0.2, -0.15) is 0 Å². The van der Waals surface area contributed by atoms with E-state index in [2.05, 4.69) is 171 Å². The standard InChI is InChI=1S/C53H34OS/c1-3-49-53(45-31-46-38-16-10-11-22-47(38)54-48(46)29-32(45)2)44-28-27-36(30-50(44)55-49)33-23-25-35(26-24-33)51-40-17-6-8-19-42(40)52(43-20-9-7-18-41(43)51)39-21-12-14-34-13-4-5-15-37(34)39/h3-31H,1H2,2H3. The number of rotatable bonds is 5. The van der Waals surface area contributed by atoms with Gasteiger partial charge in [0.2, 0.25) is 0 Å². The Labute approximate surface area is 323 Å². The van der Waals surface area contributed by atoms with E-state index in [-0.39, 0.29) is 0 Å². The SMILES string of the molecule is C=Cc1sc2cc(-c3ccc(-c4c5ccccc5c(-c5cccc6ccccc56)c5ccccc45)cc3)ccc2c1-c1cc2c(cc1C)oc1ccccc12. The highest BCUT2D eigenvalue weighted by Gasteiger charge is 2.20. The minimum absolute atomic E-state index is 0.920. The summed E-state index contributed by atoms with van der Waals surface area (Å²) in [5.74, 6) is 0. The van der Waals surface area contributed by atoms with Gasteiger partial charge in [-0.25, -0.2) is 0 Å². The van der Waals surface area contributed by atoms with Crippen molar-refractivity contribution >= 4 is 81.8 Å². The average molecular weight is 719 g/mol. The van der Waals surface area contributed by atoms with E-state index < -0.39 is 0 Å². The summed E-state index contributed by atoms with van der Waals surface area (Å²) in [5, 5.41) is 11.1. The van der Waals surface area contributed by atoms with Crippen molar-refractivity contribution in [3.05, 3.63) is 187 Å². The molecule has 0 saturated heterocycles. The fourth-order valence-corrected chi connectivity index (χ4v) is 9.97. The summed E-state index contributed by atoms with van der Waals surface area (Å²) in [7, 11) is 0. The van der Waals surface area contributed by atoms with Crippen molar-refractivity contribution in [1.29, 1.82) is 0 Å². The lowest BCUT2D eigenvalue weighted by Gasteiger charge is -2.19. The molecule has 0 unspecified atom stereocenters. The molecule has 258 valence electrons. The predicted molar refractivity (Wildman–Crippen MR) is 238 cm³/mol. The van der Waals surface area contributed by atoms with E-state index in [1.807, 2.05) is 29.5 Å². The van der Waals surface area contributed by atoms with Crippen molar-refractivity contribution in [3.63, 3.8) is 0 Å². The first-order valence-corrected chi connectivity index (χ1v) is 19.6. The predicted octanol–water partition coefficient (Wildman–Crippen LogP) is 15.9. The monoisotopic (exact) mass is 718 g/mol. The topological polar surface area (TPSA) is 13.1 Å². The van der Waals surface area contributed by atoms with Gasteiger partial charge in [-0.05, 0) is 108 Å². The number of fused-ring (bicyclic) bond motifs is 7. The first-order chi connectivity index (χ1) is 27.1. The second-order valence-corrected chi connectivity index (χ2v) is 15.5. The molecule has 11 aromatic rings. The molecule has 0 atom stereocenters. The zero-order chi connectivity index (χ0) is 36.6. The second kappa shape index (κ2) is 12.4. The van der Waals surface area contributed by atoms with Crippen LogP contribution in [0.5, 0.6) is 0 Å². The summed E-state index contributed by atoms with van der Waals surface area (Å²) in [6, 6.07) is 62.0. The highest BCUT2D eigenvalue weighted by Crippen LogP contribution is 2.47. The summed E-state index contributed by atoms with van der Waals surface area (Å²) in [6.07, 6.45) is 2.01. The minimum atomic E-state index is 0.920. The van der Waals surface area contributed by atoms with Crippen molar-refractivity contribution in [2.75, 3.05) is 0 Å². The Morgan fingerprint density at radius 1 is 0.436 bits per heavy atom. The van der Waals surface area contributed by atoms with E-state index >= 15 is 0 Å². The maximum atomic E-state index is 6.21. The third-order valence-electron chi connectivity index (χ3n) is 11.4. The molecule has 0 spiro atoms. The number of aryl methyl sites for hydroxylation is 1. The van der Waals surface area contributed by atoms with Crippen LogP contribution in [0.3, 0.4) is 0 Å². The molecule has 0 aliphatic carbocycles. The van der Waals surface area contributed by atoms with Gasteiger partial charge in [-0.15, -0.1) is 11.3 Å². The molecule has 2 heteroatoms. The number of hydrogen-bond acceptors (Lipinski definition) is 2. The molecule has 1 nitrogen and oxygen atoms in total. The van der Waals surface area contributed by atoms with Gasteiger partial charge in [0, 0.05) is 31.3 Å². The number of thiophene rings is 1. The van der Waals surface area contributed by atoms with Crippen LogP contribution in [0.1, 0.15) is 10.4 Å². The van der Waals surface area contributed by atoms with Crippen LogP contribution in [0.4, 0.5) is 0 Å². The van der Waals surface area contributed by atoms with Gasteiger partial charge in [0.1, 0.15) is 11.2 Å². The van der Waals surface area contributed by atoms with Gasteiger partial charge in [-0.1, -0.05) is 158 Å². The van der Waals surface area contributed by atoms with E-state index in [1.54, 1.807) is 0 Å². The van der Waals surface area contributed by atoms with E-state index in [9.17, 15) is 0 Å². The fraction of sp³-hybridized carbons (Fsp3) is 0.0189. The number of benzene rings is 9. The van der Waals surface area contributed by atoms with E-state index in [1.165, 1.54) is 97.4 Å². The summed E-state index contributed by atoms with van der Waals surface area (Å²) in [6.45, 7) is 6.41. The van der Waals surface area contributed by atoms with Gasteiger partial charge < -0.3 is 4.42 Å². The van der Waals surface area contributed by atoms with Crippen molar-refractivity contribution in [1.82, 2.24) is 0 Å². The van der Waals surface area contributed by atoms with Gasteiger partial charge in [0.25, 0.3) is 0 Å². The van der Waals surface area contributed by atoms with Gasteiger partial charge in [0.05, 0.1) is 0 Å². The fourth-order valence-electron chi connectivity index (χ4n) is 8.86. The minimum Gasteiger partial charge on any atom is -0.456 e. The lowest BCUT2D eigenvalue weighted by atomic mass is 9.84. The van der Waals surface area contributed by atoms with Gasteiger partial charge in [0.15, 0.2) is 0 Å². The van der Waals surface area contributed by atoms with Crippen LogP contribution in [-0.4, -0.2) is 0 Å².